The Hall–Kier alpha value is -1.23. The maximum absolute atomic E-state index is 12.8. The molecule has 0 saturated heterocycles. The summed E-state index contributed by atoms with van der Waals surface area (Å²) in [5, 5.41) is 8.59. The van der Waals surface area contributed by atoms with Crippen molar-refractivity contribution in [3.05, 3.63) is 28.6 Å². The van der Waals surface area contributed by atoms with Crippen molar-refractivity contribution in [3.8, 4) is 0 Å². The standard InChI is InChI=1S/C10H10ClF2NO2/c1-5-7(3-11)14-4-6(2-8(15)16)9(5)10(12)13/h4,10H,2-3H2,1H3,(H,15,16). The van der Waals surface area contributed by atoms with Gasteiger partial charge in [0, 0.05) is 11.8 Å². The summed E-state index contributed by atoms with van der Waals surface area (Å²) in [4.78, 5) is 14.4. The maximum Gasteiger partial charge on any atom is 0.307 e. The Balaban J connectivity index is 3.28. The Morgan fingerprint density at radius 1 is 1.62 bits per heavy atom. The van der Waals surface area contributed by atoms with Crippen LogP contribution in [0, 0.1) is 6.92 Å². The van der Waals surface area contributed by atoms with Gasteiger partial charge < -0.3 is 5.11 Å². The summed E-state index contributed by atoms with van der Waals surface area (Å²) >= 11 is 5.54. The number of aromatic nitrogens is 1. The number of nitrogens with zero attached hydrogens (tertiary/aromatic N) is 1. The van der Waals surface area contributed by atoms with Crippen LogP contribution in [0.5, 0.6) is 0 Å². The lowest BCUT2D eigenvalue weighted by atomic mass is 10.0. The highest BCUT2D eigenvalue weighted by Crippen LogP contribution is 2.28. The number of alkyl halides is 3. The van der Waals surface area contributed by atoms with Crippen molar-refractivity contribution in [2.24, 2.45) is 0 Å². The second kappa shape index (κ2) is 5.21. The molecule has 0 aliphatic carbocycles. The fraction of sp³-hybridized carbons (Fsp3) is 0.400. The van der Waals surface area contributed by atoms with Gasteiger partial charge in [0.25, 0.3) is 6.43 Å². The molecule has 0 aliphatic heterocycles. The van der Waals surface area contributed by atoms with Gasteiger partial charge in [-0.05, 0) is 18.1 Å². The second-order valence-electron chi connectivity index (χ2n) is 3.27. The van der Waals surface area contributed by atoms with Gasteiger partial charge in [0.1, 0.15) is 0 Å². The first kappa shape index (κ1) is 12.8. The molecule has 88 valence electrons. The van der Waals surface area contributed by atoms with Gasteiger partial charge >= 0.3 is 5.97 Å². The Labute approximate surface area is 96.1 Å². The molecule has 0 unspecified atom stereocenters. The number of aliphatic carboxylic acids is 1. The highest BCUT2D eigenvalue weighted by molar-refractivity contribution is 6.17. The summed E-state index contributed by atoms with van der Waals surface area (Å²) in [5.74, 6) is -1.14. The number of halogens is 3. The predicted octanol–water partition coefficient (Wildman–Crippen LogP) is 2.69. The SMILES string of the molecule is Cc1c(CCl)ncc(CC(=O)O)c1C(F)F. The van der Waals surface area contributed by atoms with Crippen molar-refractivity contribution in [2.75, 3.05) is 0 Å². The molecule has 0 aromatic carbocycles. The lowest BCUT2D eigenvalue weighted by molar-refractivity contribution is -0.136. The van der Waals surface area contributed by atoms with Crippen LogP contribution < -0.4 is 0 Å². The Morgan fingerprint density at radius 2 is 2.25 bits per heavy atom. The lowest BCUT2D eigenvalue weighted by Crippen LogP contribution is -2.08. The molecule has 16 heavy (non-hydrogen) atoms. The van der Waals surface area contributed by atoms with Crippen LogP contribution in [0.25, 0.3) is 0 Å². The van der Waals surface area contributed by atoms with Gasteiger partial charge in [-0.1, -0.05) is 0 Å². The molecule has 0 spiro atoms. The Morgan fingerprint density at radius 3 is 2.69 bits per heavy atom. The molecular weight excluding hydrogens is 240 g/mol. The van der Waals surface area contributed by atoms with Gasteiger partial charge in [-0.25, -0.2) is 8.78 Å². The van der Waals surface area contributed by atoms with Crippen LogP contribution in [-0.4, -0.2) is 16.1 Å². The van der Waals surface area contributed by atoms with E-state index in [1.165, 1.54) is 6.92 Å². The van der Waals surface area contributed by atoms with Crippen LogP contribution in [0.3, 0.4) is 0 Å². The average molecular weight is 250 g/mol. The molecule has 0 radical (unpaired) electrons. The first-order valence-corrected chi connectivity index (χ1v) is 5.04. The van der Waals surface area contributed by atoms with Gasteiger partial charge in [-0.2, -0.15) is 0 Å². The minimum absolute atomic E-state index is 0.0267. The quantitative estimate of drug-likeness (QED) is 0.835. The average Bonchev–Trinajstić information content (AvgIpc) is 2.16. The molecule has 0 bridgehead atoms. The summed E-state index contributed by atoms with van der Waals surface area (Å²) in [6.45, 7) is 1.47. The number of carboxylic acids is 1. The van der Waals surface area contributed by atoms with Crippen molar-refractivity contribution < 1.29 is 18.7 Å². The normalized spacial score (nSPS) is 10.8. The molecule has 1 aromatic rings. The largest absolute Gasteiger partial charge is 0.481 e. The van der Waals surface area contributed by atoms with E-state index in [1.807, 2.05) is 0 Å². The van der Waals surface area contributed by atoms with Crippen LogP contribution in [-0.2, 0) is 17.1 Å². The van der Waals surface area contributed by atoms with E-state index in [0.717, 1.165) is 6.20 Å². The van der Waals surface area contributed by atoms with Crippen LogP contribution in [0.1, 0.15) is 28.8 Å². The third-order valence-corrected chi connectivity index (χ3v) is 2.50. The topological polar surface area (TPSA) is 50.2 Å². The minimum Gasteiger partial charge on any atom is -0.481 e. The zero-order valence-electron chi connectivity index (χ0n) is 8.51. The third kappa shape index (κ3) is 2.66. The molecule has 1 aromatic heterocycles. The summed E-state index contributed by atoms with van der Waals surface area (Å²) in [6, 6.07) is 0. The highest BCUT2D eigenvalue weighted by Gasteiger charge is 2.20. The van der Waals surface area contributed by atoms with Gasteiger partial charge in [0.15, 0.2) is 0 Å². The molecule has 6 heteroatoms. The Kier molecular flexibility index (Phi) is 4.18. The van der Waals surface area contributed by atoms with E-state index >= 15 is 0 Å². The number of carbonyl (C=O) groups is 1. The second-order valence-corrected chi connectivity index (χ2v) is 3.54. The van der Waals surface area contributed by atoms with Crippen molar-refractivity contribution >= 4 is 17.6 Å². The minimum atomic E-state index is -2.72. The van der Waals surface area contributed by atoms with E-state index in [9.17, 15) is 13.6 Å². The van der Waals surface area contributed by atoms with Crippen molar-refractivity contribution in [1.82, 2.24) is 4.98 Å². The lowest BCUT2D eigenvalue weighted by Gasteiger charge is -2.12. The monoisotopic (exact) mass is 249 g/mol. The third-order valence-electron chi connectivity index (χ3n) is 2.25. The predicted molar refractivity (Wildman–Crippen MR) is 54.8 cm³/mol. The summed E-state index contributed by atoms with van der Waals surface area (Å²) in [6.07, 6.45) is -2.03. The Bertz CT molecular complexity index is 410. The van der Waals surface area contributed by atoms with Gasteiger partial charge in [0.2, 0.25) is 0 Å². The highest BCUT2D eigenvalue weighted by atomic mass is 35.5. The molecule has 3 nitrogen and oxygen atoms in total. The van der Waals surface area contributed by atoms with E-state index in [-0.39, 0.29) is 22.6 Å². The molecule has 0 atom stereocenters. The molecule has 1 rings (SSSR count). The number of pyridine rings is 1. The van der Waals surface area contributed by atoms with Crippen molar-refractivity contribution in [2.45, 2.75) is 25.7 Å². The number of rotatable bonds is 4. The van der Waals surface area contributed by atoms with Crippen LogP contribution in [0.4, 0.5) is 8.78 Å². The van der Waals surface area contributed by atoms with E-state index in [2.05, 4.69) is 4.98 Å². The fourth-order valence-corrected chi connectivity index (χ4v) is 1.73. The zero-order valence-corrected chi connectivity index (χ0v) is 9.26. The molecule has 0 fully saturated rings. The zero-order chi connectivity index (χ0) is 12.3. The van der Waals surface area contributed by atoms with E-state index < -0.39 is 18.8 Å². The fourth-order valence-electron chi connectivity index (χ4n) is 1.46. The van der Waals surface area contributed by atoms with E-state index in [1.54, 1.807) is 0 Å². The van der Waals surface area contributed by atoms with Gasteiger partial charge in [-0.3, -0.25) is 9.78 Å². The van der Waals surface area contributed by atoms with Crippen molar-refractivity contribution in [1.29, 1.82) is 0 Å². The molecule has 0 aliphatic rings. The summed E-state index contributed by atoms with van der Waals surface area (Å²) < 4.78 is 25.6. The smallest absolute Gasteiger partial charge is 0.307 e. The van der Waals surface area contributed by atoms with Crippen LogP contribution in [0.15, 0.2) is 6.20 Å². The summed E-state index contributed by atoms with van der Waals surface area (Å²) in [7, 11) is 0. The molecule has 0 amide bonds. The molecule has 1 N–H and O–H groups in total. The number of carboxylic acid groups (broad SMARTS) is 1. The molecular formula is C10H10ClF2NO2. The van der Waals surface area contributed by atoms with Crippen LogP contribution in [0.2, 0.25) is 0 Å². The van der Waals surface area contributed by atoms with Gasteiger partial charge in [-0.15, -0.1) is 11.6 Å². The number of hydrogen-bond donors (Lipinski definition) is 1. The first-order valence-electron chi connectivity index (χ1n) is 4.50. The maximum atomic E-state index is 12.8. The van der Waals surface area contributed by atoms with Crippen LogP contribution >= 0.6 is 11.6 Å². The molecule has 1 heterocycles. The number of hydrogen-bond acceptors (Lipinski definition) is 2. The van der Waals surface area contributed by atoms with E-state index in [0.29, 0.717) is 5.69 Å². The van der Waals surface area contributed by atoms with E-state index in [4.69, 9.17) is 16.7 Å². The summed E-state index contributed by atoms with van der Waals surface area (Å²) in [5.41, 5.74) is 0.386. The first-order chi connectivity index (χ1) is 7.47. The molecule has 0 saturated carbocycles. The van der Waals surface area contributed by atoms with Gasteiger partial charge in [0.05, 0.1) is 18.0 Å². The van der Waals surface area contributed by atoms with Crippen molar-refractivity contribution in [3.63, 3.8) is 0 Å².